The Labute approximate surface area is 87.8 Å². The average molecular weight is 223 g/mol. The molecule has 0 aliphatic carbocycles. The summed E-state index contributed by atoms with van der Waals surface area (Å²) >= 11 is 1.27. The predicted molar refractivity (Wildman–Crippen MR) is 51.6 cm³/mol. The zero-order chi connectivity index (χ0) is 10.8. The van der Waals surface area contributed by atoms with Gasteiger partial charge in [0, 0.05) is 17.6 Å². The summed E-state index contributed by atoms with van der Waals surface area (Å²) in [6, 6.07) is 1.21. The topological polar surface area (TPSA) is 85.1 Å². The lowest BCUT2D eigenvalue weighted by Gasteiger charge is -1.95. The molecule has 1 N–H and O–H groups in total. The van der Waals surface area contributed by atoms with Crippen molar-refractivity contribution in [2.45, 2.75) is 0 Å². The summed E-state index contributed by atoms with van der Waals surface area (Å²) in [5, 5.41) is 14.6. The number of carboxylic acids is 1. The largest absolute Gasteiger partial charge is 0.476 e. The van der Waals surface area contributed by atoms with E-state index in [2.05, 4.69) is 10.1 Å². The normalized spacial score (nSPS) is 10.1. The number of carbonyl (C=O) groups excluding carboxylic acids is 1. The fourth-order valence-corrected chi connectivity index (χ4v) is 1.67. The maximum Gasteiger partial charge on any atom is 0.356 e. The maximum atomic E-state index is 10.7. The van der Waals surface area contributed by atoms with Gasteiger partial charge in [0.25, 0.3) is 0 Å². The third-order valence-corrected chi connectivity index (χ3v) is 2.42. The van der Waals surface area contributed by atoms with Crippen LogP contribution in [-0.2, 0) is 0 Å². The number of aromatic nitrogens is 3. The monoisotopic (exact) mass is 223 g/mol. The van der Waals surface area contributed by atoms with Crippen LogP contribution in [0.3, 0.4) is 0 Å². The summed E-state index contributed by atoms with van der Waals surface area (Å²) in [7, 11) is 0. The molecule has 0 saturated heterocycles. The first-order valence-corrected chi connectivity index (χ1v) is 4.78. The van der Waals surface area contributed by atoms with Crippen molar-refractivity contribution in [2.75, 3.05) is 0 Å². The highest BCUT2D eigenvalue weighted by atomic mass is 32.1. The van der Waals surface area contributed by atoms with Crippen LogP contribution in [0.2, 0.25) is 0 Å². The van der Waals surface area contributed by atoms with E-state index in [1.54, 1.807) is 11.6 Å². The molecule has 0 radical (unpaired) electrons. The second-order valence-electron chi connectivity index (χ2n) is 2.60. The molecule has 0 atom stereocenters. The van der Waals surface area contributed by atoms with E-state index >= 15 is 0 Å². The number of aldehydes is 1. The average Bonchev–Trinajstić information content (AvgIpc) is 2.86. The van der Waals surface area contributed by atoms with Crippen LogP contribution in [0, 0.1) is 0 Å². The first-order chi connectivity index (χ1) is 7.22. The molecule has 0 spiro atoms. The fourth-order valence-electron chi connectivity index (χ4n) is 1.06. The third-order valence-electron chi connectivity index (χ3n) is 1.68. The van der Waals surface area contributed by atoms with E-state index in [1.165, 1.54) is 22.1 Å². The summed E-state index contributed by atoms with van der Waals surface area (Å²) in [5.41, 5.74) is -0.00495. The van der Waals surface area contributed by atoms with Gasteiger partial charge in [-0.05, 0) is 0 Å². The van der Waals surface area contributed by atoms with Gasteiger partial charge in [0.2, 0.25) is 5.13 Å². The van der Waals surface area contributed by atoms with E-state index in [0.29, 0.717) is 11.4 Å². The molecular weight excluding hydrogens is 218 g/mol. The highest BCUT2D eigenvalue weighted by molar-refractivity contribution is 7.12. The number of carboxylic acid groups (broad SMARTS) is 1. The van der Waals surface area contributed by atoms with Crippen molar-refractivity contribution in [3.63, 3.8) is 0 Å². The molecule has 0 aromatic carbocycles. The molecule has 2 heterocycles. The van der Waals surface area contributed by atoms with Gasteiger partial charge in [0.05, 0.1) is 0 Å². The summed E-state index contributed by atoms with van der Waals surface area (Å²) in [5.74, 6) is -1.17. The first kappa shape index (κ1) is 9.53. The van der Waals surface area contributed by atoms with Gasteiger partial charge in [0.1, 0.15) is 5.69 Å². The number of thiazole rings is 1. The molecule has 0 aliphatic rings. The number of carbonyl (C=O) groups is 2. The van der Waals surface area contributed by atoms with Crippen molar-refractivity contribution in [1.29, 1.82) is 0 Å². The maximum absolute atomic E-state index is 10.7. The molecule has 0 aliphatic heterocycles. The Balaban J connectivity index is 2.55. The van der Waals surface area contributed by atoms with E-state index in [9.17, 15) is 9.59 Å². The van der Waals surface area contributed by atoms with Gasteiger partial charge < -0.3 is 5.11 Å². The summed E-state index contributed by atoms with van der Waals surface area (Å²) < 4.78 is 1.21. The summed E-state index contributed by atoms with van der Waals surface area (Å²) in [4.78, 5) is 25.3. The lowest BCUT2D eigenvalue weighted by molar-refractivity contribution is 0.0690. The van der Waals surface area contributed by atoms with Gasteiger partial charge in [-0.2, -0.15) is 5.10 Å². The molecule has 7 heteroatoms. The molecule has 0 bridgehead atoms. The molecule has 15 heavy (non-hydrogen) atoms. The Morgan fingerprint density at radius 2 is 2.40 bits per heavy atom. The van der Waals surface area contributed by atoms with Crippen LogP contribution < -0.4 is 0 Å². The van der Waals surface area contributed by atoms with Crippen molar-refractivity contribution in [2.24, 2.45) is 0 Å². The van der Waals surface area contributed by atoms with Gasteiger partial charge in [-0.25, -0.2) is 14.5 Å². The van der Waals surface area contributed by atoms with Crippen molar-refractivity contribution in [3.05, 3.63) is 29.0 Å². The highest BCUT2D eigenvalue weighted by Crippen LogP contribution is 2.13. The van der Waals surface area contributed by atoms with Crippen LogP contribution in [0.25, 0.3) is 5.13 Å². The van der Waals surface area contributed by atoms with Gasteiger partial charge in [0.15, 0.2) is 12.0 Å². The zero-order valence-corrected chi connectivity index (χ0v) is 8.14. The number of nitrogens with zero attached hydrogens (tertiary/aromatic N) is 3. The summed E-state index contributed by atoms with van der Waals surface area (Å²) in [6.07, 6.45) is 2.09. The molecular formula is C8H5N3O3S. The minimum absolute atomic E-state index is 0.169. The molecule has 0 fully saturated rings. The second kappa shape index (κ2) is 3.62. The SMILES string of the molecule is O=Cc1cc(C(=O)O)nn1-c1nccs1. The van der Waals surface area contributed by atoms with Crippen LogP contribution in [0.1, 0.15) is 21.0 Å². The van der Waals surface area contributed by atoms with Crippen LogP contribution >= 0.6 is 11.3 Å². The lowest BCUT2D eigenvalue weighted by atomic mass is 10.4. The number of hydrogen-bond acceptors (Lipinski definition) is 5. The molecule has 6 nitrogen and oxygen atoms in total. The Bertz CT molecular complexity index is 503. The molecule has 0 amide bonds. The van der Waals surface area contributed by atoms with E-state index in [-0.39, 0.29) is 11.4 Å². The van der Waals surface area contributed by atoms with Crippen LogP contribution in [0.4, 0.5) is 0 Å². The third kappa shape index (κ3) is 1.64. The Kier molecular flexibility index (Phi) is 2.30. The van der Waals surface area contributed by atoms with E-state index in [0.717, 1.165) is 0 Å². The van der Waals surface area contributed by atoms with Gasteiger partial charge in [-0.15, -0.1) is 11.3 Å². The Morgan fingerprint density at radius 3 is 2.93 bits per heavy atom. The van der Waals surface area contributed by atoms with E-state index < -0.39 is 5.97 Å². The number of hydrogen-bond donors (Lipinski definition) is 1. The van der Waals surface area contributed by atoms with Crippen molar-refractivity contribution in [3.8, 4) is 5.13 Å². The van der Waals surface area contributed by atoms with E-state index in [4.69, 9.17) is 5.11 Å². The highest BCUT2D eigenvalue weighted by Gasteiger charge is 2.14. The van der Waals surface area contributed by atoms with E-state index in [1.807, 2.05) is 0 Å². The minimum Gasteiger partial charge on any atom is -0.476 e. The van der Waals surface area contributed by atoms with Crippen molar-refractivity contribution >= 4 is 23.6 Å². The lowest BCUT2D eigenvalue weighted by Crippen LogP contribution is -2.02. The van der Waals surface area contributed by atoms with Crippen molar-refractivity contribution in [1.82, 2.24) is 14.8 Å². The standard InChI is InChI=1S/C8H5N3O3S/c12-4-5-3-6(7(13)14)10-11(5)8-9-1-2-15-8/h1-4H,(H,13,14). The smallest absolute Gasteiger partial charge is 0.356 e. The second-order valence-corrected chi connectivity index (χ2v) is 3.48. The minimum atomic E-state index is -1.17. The van der Waals surface area contributed by atoms with Crippen LogP contribution in [0.15, 0.2) is 17.6 Å². The van der Waals surface area contributed by atoms with Gasteiger partial charge in [-0.1, -0.05) is 0 Å². The van der Waals surface area contributed by atoms with Crippen LogP contribution in [-0.4, -0.2) is 32.1 Å². The Morgan fingerprint density at radius 1 is 1.60 bits per heavy atom. The van der Waals surface area contributed by atoms with Crippen LogP contribution in [0.5, 0.6) is 0 Å². The first-order valence-electron chi connectivity index (χ1n) is 3.91. The Hall–Kier alpha value is -2.02. The van der Waals surface area contributed by atoms with Crippen molar-refractivity contribution < 1.29 is 14.7 Å². The molecule has 2 aromatic heterocycles. The fraction of sp³-hybridized carbons (Fsp3) is 0. The van der Waals surface area contributed by atoms with Gasteiger partial charge in [-0.3, -0.25) is 4.79 Å². The molecule has 2 aromatic rings. The zero-order valence-electron chi connectivity index (χ0n) is 7.32. The predicted octanol–water partition coefficient (Wildman–Crippen LogP) is 0.839. The molecule has 2 rings (SSSR count). The molecule has 76 valence electrons. The number of aromatic carboxylic acids is 1. The molecule has 0 unspecified atom stereocenters. The summed E-state index contributed by atoms with van der Waals surface area (Å²) in [6.45, 7) is 0. The number of rotatable bonds is 3. The quantitative estimate of drug-likeness (QED) is 0.779. The molecule has 0 saturated carbocycles. The van der Waals surface area contributed by atoms with Gasteiger partial charge >= 0.3 is 5.97 Å².